The number of Topliss-reactive ketones (excluding diaryl/α,β-unsaturated/α-hetero) is 1. The van der Waals surface area contributed by atoms with Crippen molar-refractivity contribution in [2.24, 2.45) is 5.73 Å². The van der Waals surface area contributed by atoms with Gasteiger partial charge in [-0.25, -0.2) is 9.83 Å². The summed E-state index contributed by atoms with van der Waals surface area (Å²) in [6, 6.07) is 10.4. The van der Waals surface area contributed by atoms with Gasteiger partial charge < -0.3 is 10.6 Å². The number of aromatic nitrogens is 1. The monoisotopic (exact) mass is 421 g/mol. The molecule has 1 heterocycles. The van der Waals surface area contributed by atoms with Gasteiger partial charge in [0.05, 0.1) is 12.1 Å². The van der Waals surface area contributed by atoms with Crippen molar-refractivity contribution in [2.45, 2.75) is 43.4 Å². The predicted octanol–water partition coefficient (Wildman–Crippen LogP) is 4.28. The molecule has 2 N–H and O–H groups in total. The topological polar surface area (TPSA) is 87.4 Å². The molecule has 0 aliphatic rings. The van der Waals surface area contributed by atoms with Crippen LogP contribution in [0.3, 0.4) is 0 Å². The molecular formula is C23H27N5OS. The van der Waals surface area contributed by atoms with E-state index >= 15 is 0 Å². The molecule has 30 heavy (non-hydrogen) atoms. The van der Waals surface area contributed by atoms with E-state index < -0.39 is 0 Å². The summed E-state index contributed by atoms with van der Waals surface area (Å²) < 4.78 is 0. The minimum Gasteiger partial charge on any atom is -0.371 e. The molecule has 1 aromatic heterocycles. The Morgan fingerprint density at radius 1 is 1.27 bits per heavy atom. The lowest BCUT2D eigenvalue weighted by atomic mass is 10.0. The first kappa shape index (κ1) is 23.4. The lowest BCUT2D eigenvalue weighted by Crippen LogP contribution is -2.13. The van der Waals surface area contributed by atoms with E-state index in [0.29, 0.717) is 53.7 Å². The summed E-state index contributed by atoms with van der Waals surface area (Å²) in [5.74, 6) is 1.46. The van der Waals surface area contributed by atoms with Crippen LogP contribution in [0.5, 0.6) is 0 Å². The predicted molar refractivity (Wildman–Crippen MR) is 122 cm³/mol. The zero-order valence-corrected chi connectivity index (χ0v) is 18.6. The number of hydrogen-bond acceptors (Lipinski definition) is 6. The Labute approximate surface area is 182 Å². The molecule has 0 unspecified atom stereocenters. The van der Waals surface area contributed by atoms with E-state index in [1.807, 2.05) is 50.2 Å². The second-order valence-corrected chi connectivity index (χ2v) is 8.06. The van der Waals surface area contributed by atoms with Crippen LogP contribution in [0.25, 0.3) is 4.85 Å². The van der Waals surface area contributed by atoms with Gasteiger partial charge in [0.15, 0.2) is 0 Å². The number of carbonyl (C=O) groups is 1. The highest BCUT2D eigenvalue weighted by Gasteiger charge is 2.20. The Bertz CT molecular complexity index is 971. The van der Waals surface area contributed by atoms with Crippen LogP contribution < -0.4 is 10.6 Å². The van der Waals surface area contributed by atoms with E-state index in [0.717, 1.165) is 23.1 Å². The van der Waals surface area contributed by atoms with Gasteiger partial charge in [-0.15, -0.1) is 11.8 Å². The van der Waals surface area contributed by atoms with Crippen LogP contribution in [0.1, 0.15) is 42.0 Å². The average Bonchev–Trinajstić information content (AvgIpc) is 2.75. The molecule has 2 aromatic rings. The summed E-state index contributed by atoms with van der Waals surface area (Å²) in [5.41, 5.74) is 9.35. The van der Waals surface area contributed by atoms with Crippen LogP contribution in [-0.4, -0.2) is 31.4 Å². The summed E-state index contributed by atoms with van der Waals surface area (Å²) in [6.07, 6.45) is 2.27. The number of rotatable bonds is 10. The van der Waals surface area contributed by atoms with Crippen molar-refractivity contribution in [3.63, 3.8) is 0 Å². The normalized spacial score (nSPS) is 10.3. The van der Waals surface area contributed by atoms with Gasteiger partial charge in [0.1, 0.15) is 22.7 Å². The summed E-state index contributed by atoms with van der Waals surface area (Å²) in [7, 11) is 3.71. The Kier molecular flexibility index (Phi) is 8.86. The maximum Gasteiger partial charge on any atom is 0.232 e. The zero-order valence-electron chi connectivity index (χ0n) is 17.7. The van der Waals surface area contributed by atoms with E-state index in [1.54, 1.807) is 0 Å². The Morgan fingerprint density at radius 3 is 2.47 bits per heavy atom. The van der Waals surface area contributed by atoms with Crippen molar-refractivity contribution in [1.29, 1.82) is 5.26 Å². The summed E-state index contributed by atoms with van der Waals surface area (Å²) in [5, 5.41) is 10.4. The molecule has 0 saturated carbocycles. The lowest BCUT2D eigenvalue weighted by Gasteiger charge is -2.18. The van der Waals surface area contributed by atoms with E-state index in [-0.39, 0.29) is 5.78 Å². The fourth-order valence-electron chi connectivity index (χ4n) is 3.10. The molecule has 0 spiro atoms. The second kappa shape index (κ2) is 11.3. The second-order valence-electron chi connectivity index (χ2n) is 7.10. The highest BCUT2D eigenvalue weighted by atomic mass is 32.2. The third kappa shape index (κ3) is 5.82. The molecule has 0 saturated heterocycles. The largest absolute Gasteiger partial charge is 0.371 e. The molecule has 6 nitrogen and oxygen atoms in total. The summed E-state index contributed by atoms with van der Waals surface area (Å²) >= 11 is 1.50. The molecule has 0 radical (unpaired) electrons. The van der Waals surface area contributed by atoms with Gasteiger partial charge in [-0.2, -0.15) is 5.26 Å². The Morgan fingerprint density at radius 2 is 1.93 bits per heavy atom. The minimum absolute atomic E-state index is 0.193. The summed E-state index contributed by atoms with van der Waals surface area (Å²) in [4.78, 5) is 21.7. The number of carbonyl (C=O) groups excluding carboxylic acids is 1. The van der Waals surface area contributed by atoms with Gasteiger partial charge in [0.25, 0.3) is 0 Å². The number of anilines is 1. The van der Waals surface area contributed by atoms with Gasteiger partial charge in [-0.05, 0) is 36.1 Å². The van der Waals surface area contributed by atoms with Crippen molar-refractivity contribution in [3.05, 3.63) is 57.9 Å². The first-order chi connectivity index (χ1) is 14.4. The number of nitriles is 1. The number of aryl methyl sites for hydroxylation is 1. The van der Waals surface area contributed by atoms with E-state index in [1.165, 1.54) is 11.8 Å². The smallest absolute Gasteiger partial charge is 0.232 e. The molecule has 0 fully saturated rings. The number of pyridine rings is 1. The molecule has 0 bridgehead atoms. The standard InChI is InChI=1S/C23H27N5OS/c1-5-19-20(14-25)23(27-22(28(3)4)21(19)26-2)30-15-17-8-6-16(7-9-17)10-11-18(29)12-13-24/h6-9H,5,10-13,15,24H2,1,3-4H3. The first-order valence-corrected chi connectivity index (χ1v) is 10.9. The SMILES string of the molecule is [C-]#[N+]c1c(N(C)C)nc(SCc2ccc(CCC(=O)CCN)cc2)c(C#N)c1CC. The van der Waals surface area contributed by atoms with Crippen LogP contribution in [0.15, 0.2) is 29.3 Å². The van der Waals surface area contributed by atoms with Crippen molar-refractivity contribution in [3.8, 4) is 6.07 Å². The number of benzene rings is 1. The quantitative estimate of drug-likeness (QED) is 0.455. The fourth-order valence-corrected chi connectivity index (χ4v) is 4.06. The highest BCUT2D eigenvalue weighted by Crippen LogP contribution is 2.38. The van der Waals surface area contributed by atoms with Gasteiger partial charge in [-0.3, -0.25) is 4.79 Å². The van der Waals surface area contributed by atoms with Crippen molar-refractivity contribution in [2.75, 3.05) is 25.5 Å². The maximum absolute atomic E-state index is 11.6. The molecule has 156 valence electrons. The third-order valence-corrected chi connectivity index (χ3v) is 5.78. The minimum atomic E-state index is 0.193. The first-order valence-electron chi connectivity index (χ1n) is 9.89. The van der Waals surface area contributed by atoms with Gasteiger partial charge >= 0.3 is 0 Å². The molecule has 2 rings (SSSR count). The Balaban J connectivity index is 2.17. The fraction of sp³-hybridized carbons (Fsp3) is 0.391. The van der Waals surface area contributed by atoms with Crippen LogP contribution >= 0.6 is 11.8 Å². The molecule has 0 aliphatic carbocycles. The van der Waals surface area contributed by atoms with Crippen molar-refractivity contribution >= 4 is 29.1 Å². The van der Waals surface area contributed by atoms with Crippen LogP contribution in [-0.2, 0) is 23.4 Å². The number of hydrogen-bond donors (Lipinski definition) is 1. The molecule has 0 aliphatic heterocycles. The van der Waals surface area contributed by atoms with Gasteiger partial charge in [0.2, 0.25) is 5.69 Å². The van der Waals surface area contributed by atoms with Crippen LogP contribution in [0, 0.1) is 17.9 Å². The zero-order chi connectivity index (χ0) is 22.1. The highest BCUT2D eigenvalue weighted by molar-refractivity contribution is 7.98. The number of nitrogens with zero attached hydrogens (tertiary/aromatic N) is 4. The molecule has 0 atom stereocenters. The number of ketones is 1. The van der Waals surface area contributed by atoms with Crippen LogP contribution in [0.2, 0.25) is 0 Å². The maximum atomic E-state index is 11.6. The lowest BCUT2D eigenvalue weighted by molar-refractivity contribution is -0.118. The number of thioether (sulfide) groups is 1. The molecular weight excluding hydrogens is 394 g/mol. The average molecular weight is 422 g/mol. The third-order valence-electron chi connectivity index (χ3n) is 4.74. The van der Waals surface area contributed by atoms with Crippen molar-refractivity contribution < 1.29 is 4.79 Å². The summed E-state index contributed by atoms with van der Waals surface area (Å²) in [6.45, 7) is 9.88. The molecule has 0 amide bonds. The molecule has 7 heteroatoms. The van der Waals surface area contributed by atoms with E-state index in [2.05, 4.69) is 15.9 Å². The molecule has 1 aromatic carbocycles. The van der Waals surface area contributed by atoms with Crippen molar-refractivity contribution in [1.82, 2.24) is 4.98 Å². The number of nitrogens with two attached hydrogens (primary N) is 1. The van der Waals surface area contributed by atoms with E-state index in [9.17, 15) is 10.1 Å². The van der Waals surface area contributed by atoms with Gasteiger partial charge in [0, 0.05) is 32.7 Å². The Hall–Kier alpha value is -2.87. The van der Waals surface area contributed by atoms with Crippen LogP contribution in [0.4, 0.5) is 11.5 Å². The van der Waals surface area contributed by atoms with E-state index in [4.69, 9.17) is 12.3 Å². The van der Waals surface area contributed by atoms with Gasteiger partial charge in [-0.1, -0.05) is 31.2 Å².